The van der Waals surface area contributed by atoms with Crippen LogP contribution >= 0.6 is 11.3 Å². The molecule has 0 fully saturated rings. The van der Waals surface area contributed by atoms with Gasteiger partial charge in [0.25, 0.3) is 0 Å². The normalized spacial score (nSPS) is 11.9. The van der Waals surface area contributed by atoms with Gasteiger partial charge in [-0.15, -0.1) is 11.3 Å². The minimum atomic E-state index is 0.694. The lowest BCUT2D eigenvalue weighted by Crippen LogP contribution is -1.98. The summed E-state index contributed by atoms with van der Waals surface area (Å²) in [6.45, 7) is 4.18. The van der Waals surface area contributed by atoms with Crippen molar-refractivity contribution in [3.63, 3.8) is 0 Å². The summed E-state index contributed by atoms with van der Waals surface area (Å²) in [4.78, 5) is 20.5. The second-order valence-corrected chi connectivity index (χ2v) is 13.2. The number of benzene rings is 5. The first-order chi connectivity index (χ1) is 24.7. The lowest BCUT2D eigenvalue weighted by Gasteiger charge is -2.11. The first kappa shape index (κ1) is 31.2. The average Bonchev–Trinajstić information content (AvgIpc) is 3.57. The molecule has 0 amide bonds. The van der Waals surface area contributed by atoms with Crippen LogP contribution in [0.15, 0.2) is 158 Å². The molecular weight excluding hydrogens is 629 g/mol. The highest BCUT2D eigenvalue weighted by atomic mass is 32.1. The van der Waals surface area contributed by atoms with Gasteiger partial charge in [0.05, 0.1) is 22.8 Å². The van der Waals surface area contributed by atoms with E-state index in [1.54, 1.807) is 11.3 Å². The second kappa shape index (κ2) is 13.8. The van der Waals surface area contributed by atoms with E-state index in [0.717, 1.165) is 68.0 Å². The predicted octanol–water partition coefficient (Wildman–Crippen LogP) is 12.3. The van der Waals surface area contributed by atoms with Crippen molar-refractivity contribution < 1.29 is 0 Å². The van der Waals surface area contributed by atoms with Gasteiger partial charge in [-0.3, -0.25) is 0 Å². The fourth-order valence-electron chi connectivity index (χ4n) is 6.29. The van der Waals surface area contributed by atoms with Crippen LogP contribution in [0.4, 0.5) is 0 Å². The molecule has 0 aliphatic heterocycles. The maximum absolute atomic E-state index is 5.21. The highest BCUT2D eigenvalue weighted by Crippen LogP contribution is 2.42. The lowest BCUT2D eigenvalue weighted by molar-refractivity contribution is 1.13. The molecule has 0 aliphatic rings. The van der Waals surface area contributed by atoms with Crippen LogP contribution in [-0.2, 0) is 0 Å². The monoisotopic (exact) mass is 662 g/mol. The lowest BCUT2D eigenvalue weighted by atomic mass is 10.00. The van der Waals surface area contributed by atoms with Crippen LogP contribution in [0.5, 0.6) is 0 Å². The molecule has 8 aromatic rings. The van der Waals surface area contributed by atoms with Crippen molar-refractivity contribution in [2.75, 3.05) is 0 Å². The molecule has 5 aromatic carbocycles. The highest BCUT2D eigenvalue weighted by Gasteiger charge is 2.18. The molecule has 0 bridgehead atoms. The summed E-state index contributed by atoms with van der Waals surface area (Å²) in [5.41, 5.74) is 9.79. The molecule has 0 unspecified atom stereocenters. The van der Waals surface area contributed by atoms with Gasteiger partial charge < -0.3 is 0 Å². The number of fused-ring (bicyclic) bond motifs is 3. The first-order valence-electron chi connectivity index (χ1n) is 16.9. The van der Waals surface area contributed by atoms with Crippen LogP contribution < -0.4 is 0 Å². The summed E-state index contributed by atoms with van der Waals surface area (Å²) in [6, 6.07) is 48.3. The van der Waals surface area contributed by atoms with Crippen molar-refractivity contribution in [2.24, 2.45) is 0 Å². The molecule has 4 nitrogen and oxygen atoms in total. The first-order valence-corrected chi connectivity index (χ1v) is 17.7. The molecule has 3 aromatic heterocycles. The number of thiophene rings is 1. The zero-order valence-corrected chi connectivity index (χ0v) is 28.7. The Morgan fingerprint density at radius 2 is 1.14 bits per heavy atom. The highest BCUT2D eigenvalue weighted by molar-refractivity contribution is 7.26. The van der Waals surface area contributed by atoms with Gasteiger partial charge in [0.2, 0.25) is 0 Å². The second-order valence-electron chi connectivity index (χ2n) is 12.1. The predicted molar refractivity (Wildman–Crippen MR) is 211 cm³/mol. The average molecular weight is 663 g/mol. The largest absolute Gasteiger partial charge is 0.228 e. The van der Waals surface area contributed by atoms with Crippen molar-refractivity contribution in [3.8, 4) is 56.4 Å². The maximum atomic E-state index is 5.21. The quantitative estimate of drug-likeness (QED) is 0.152. The number of rotatable bonds is 8. The van der Waals surface area contributed by atoms with Gasteiger partial charge in [-0.1, -0.05) is 128 Å². The Kier molecular flexibility index (Phi) is 8.64. The molecule has 0 atom stereocenters. The van der Waals surface area contributed by atoms with E-state index in [0.29, 0.717) is 11.6 Å². The SMILES string of the molecule is C/C=C(\C=C/CC)c1nc(-c2ccccc2)cc(-c2cccc3sc4ccc(-c5nc(-c6ccccc6)cc(-c6ccccc6)n5)cc4c23)n1. The third-order valence-corrected chi connectivity index (χ3v) is 9.93. The molecule has 8 rings (SSSR count). The van der Waals surface area contributed by atoms with Gasteiger partial charge in [0, 0.05) is 53.6 Å². The number of nitrogens with zero attached hydrogens (tertiary/aromatic N) is 4. The summed E-state index contributed by atoms with van der Waals surface area (Å²) in [6.07, 6.45) is 7.30. The summed E-state index contributed by atoms with van der Waals surface area (Å²) < 4.78 is 2.41. The van der Waals surface area contributed by atoms with E-state index in [2.05, 4.69) is 122 Å². The van der Waals surface area contributed by atoms with Crippen LogP contribution in [0.1, 0.15) is 26.1 Å². The van der Waals surface area contributed by atoms with Crippen molar-refractivity contribution in [1.82, 2.24) is 19.9 Å². The van der Waals surface area contributed by atoms with Gasteiger partial charge >= 0.3 is 0 Å². The molecule has 0 saturated carbocycles. The Hall–Kier alpha value is -6.04. The molecule has 0 N–H and O–H groups in total. The van der Waals surface area contributed by atoms with Gasteiger partial charge in [-0.25, -0.2) is 19.9 Å². The summed E-state index contributed by atoms with van der Waals surface area (Å²) in [7, 11) is 0. The van der Waals surface area contributed by atoms with Crippen LogP contribution in [0.2, 0.25) is 0 Å². The van der Waals surface area contributed by atoms with Gasteiger partial charge in [0.1, 0.15) is 0 Å². The van der Waals surface area contributed by atoms with E-state index in [4.69, 9.17) is 19.9 Å². The fourth-order valence-corrected chi connectivity index (χ4v) is 7.40. The number of allylic oxidation sites excluding steroid dienone is 4. The Morgan fingerprint density at radius 1 is 0.560 bits per heavy atom. The molecule has 3 heterocycles. The maximum Gasteiger partial charge on any atom is 0.160 e. The summed E-state index contributed by atoms with van der Waals surface area (Å²) >= 11 is 1.79. The zero-order valence-electron chi connectivity index (χ0n) is 27.9. The number of hydrogen-bond donors (Lipinski definition) is 0. The molecule has 0 saturated heterocycles. The molecule has 0 spiro atoms. The van der Waals surface area contributed by atoms with Crippen molar-refractivity contribution in [3.05, 3.63) is 164 Å². The van der Waals surface area contributed by atoms with Gasteiger partial charge in [0.15, 0.2) is 11.6 Å². The standard InChI is InChI=1S/C45H34N4S/c1-3-5-16-30(4-2)44-46-39(33-21-13-8-14-22-33)29-40(49-44)35-23-15-24-42-43(35)36-27-34(25-26-41(36)50-42)45-47-37(31-17-9-6-10-18-31)28-38(48-45)32-19-11-7-12-20-32/h4-29H,3H2,1-2H3/b16-5-,30-4+. The van der Waals surface area contributed by atoms with E-state index >= 15 is 0 Å². The Labute approximate surface area is 296 Å². The Balaban J connectivity index is 1.33. The van der Waals surface area contributed by atoms with E-state index in [1.165, 1.54) is 14.8 Å². The minimum Gasteiger partial charge on any atom is -0.228 e. The van der Waals surface area contributed by atoms with Crippen LogP contribution in [0.3, 0.4) is 0 Å². The number of aromatic nitrogens is 4. The van der Waals surface area contributed by atoms with Crippen LogP contribution in [0, 0.1) is 0 Å². The third kappa shape index (κ3) is 6.15. The third-order valence-electron chi connectivity index (χ3n) is 8.79. The van der Waals surface area contributed by atoms with Gasteiger partial charge in [-0.05, 0) is 49.7 Å². The molecular formula is C45H34N4S. The summed E-state index contributed by atoms with van der Waals surface area (Å²) in [5.74, 6) is 1.41. The van der Waals surface area contributed by atoms with E-state index in [1.807, 2.05) is 49.4 Å². The topological polar surface area (TPSA) is 51.6 Å². The number of hydrogen-bond acceptors (Lipinski definition) is 5. The zero-order chi connectivity index (χ0) is 33.9. The molecule has 240 valence electrons. The van der Waals surface area contributed by atoms with E-state index < -0.39 is 0 Å². The van der Waals surface area contributed by atoms with Gasteiger partial charge in [-0.2, -0.15) is 0 Å². The van der Waals surface area contributed by atoms with Crippen molar-refractivity contribution >= 4 is 37.1 Å². The van der Waals surface area contributed by atoms with E-state index in [9.17, 15) is 0 Å². The van der Waals surface area contributed by atoms with Crippen LogP contribution in [0.25, 0.3) is 82.2 Å². The molecule has 0 aliphatic carbocycles. The smallest absolute Gasteiger partial charge is 0.160 e. The molecule has 0 radical (unpaired) electrons. The Bertz CT molecular complexity index is 2460. The van der Waals surface area contributed by atoms with Crippen molar-refractivity contribution in [1.29, 1.82) is 0 Å². The molecule has 5 heteroatoms. The minimum absolute atomic E-state index is 0.694. The Morgan fingerprint density at radius 3 is 1.74 bits per heavy atom. The van der Waals surface area contributed by atoms with Crippen molar-refractivity contribution in [2.45, 2.75) is 20.3 Å². The molecule has 50 heavy (non-hydrogen) atoms. The van der Waals surface area contributed by atoms with E-state index in [-0.39, 0.29) is 0 Å². The summed E-state index contributed by atoms with van der Waals surface area (Å²) in [5, 5.41) is 2.33. The van der Waals surface area contributed by atoms with Crippen LogP contribution in [-0.4, -0.2) is 19.9 Å². The fraction of sp³-hybridized carbons (Fsp3) is 0.0667.